The minimum atomic E-state index is -3.41. The van der Waals surface area contributed by atoms with Crippen LogP contribution in [-0.2, 0) is 10.0 Å². The summed E-state index contributed by atoms with van der Waals surface area (Å²) in [5.74, 6) is 0. The van der Waals surface area contributed by atoms with Crippen molar-refractivity contribution in [3.8, 4) is 0 Å². The highest BCUT2D eigenvalue weighted by Gasteiger charge is 2.24. The molecule has 1 aliphatic heterocycles. The Morgan fingerprint density at radius 3 is 2.00 bits per heavy atom. The molecule has 22 heavy (non-hydrogen) atoms. The molecule has 0 amide bonds. The third-order valence-electron chi connectivity index (χ3n) is 3.99. The van der Waals surface area contributed by atoms with Crippen molar-refractivity contribution in [2.45, 2.75) is 23.8 Å². The smallest absolute Gasteiger partial charge is 0.240 e. The minimum Gasteiger partial charge on any atom is -0.371 e. The van der Waals surface area contributed by atoms with Gasteiger partial charge in [-0.1, -0.05) is 36.4 Å². The second kappa shape index (κ2) is 6.50. The Morgan fingerprint density at radius 1 is 0.864 bits per heavy atom. The average Bonchev–Trinajstić information content (AvgIpc) is 2.57. The van der Waals surface area contributed by atoms with Crippen LogP contribution in [0.1, 0.15) is 12.8 Å². The summed E-state index contributed by atoms with van der Waals surface area (Å²) < 4.78 is 27.5. The minimum absolute atomic E-state index is 0.00479. The Kier molecular flexibility index (Phi) is 4.45. The van der Waals surface area contributed by atoms with Crippen molar-refractivity contribution in [3.05, 3.63) is 60.7 Å². The van der Waals surface area contributed by atoms with Crippen molar-refractivity contribution in [1.29, 1.82) is 0 Å². The van der Waals surface area contributed by atoms with Gasteiger partial charge in [0.15, 0.2) is 0 Å². The van der Waals surface area contributed by atoms with Crippen molar-refractivity contribution in [2.24, 2.45) is 0 Å². The number of benzene rings is 2. The Labute approximate surface area is 131 Å². The Hall–Kier alpha value is -1.85. The van der Waals surface area contributed by atoms with Gasteiger partial charge in [-0.3, -0.25) is 0 Å². The van der Waals surface area contributed by atoms with E-state index in [4.69, 9.17) is 0 Å². The summed E-state index contributed by atoms with van der Waals surface area (Å²) in [7, 11) is -3.41. The van der Waals surface area contributed by atoms with Crippen LogP contribution in [0.5, 0.6) is 0 Å². The molecule has 1 fully saturated rings. The topological polar surface area (TPSA) is 49.4 Å². The maximum Gasteiger partial charge on any atom is 0.240 e. The molecule has 0 saturated carbocycles. The normalized spacial score (nSPS) is 16.6. The summed E-state index contributed by atoms with van der Waals surface area (Å²) in [6.07, 6.45) is 1.64. The van der Waals surface area contributed by atoms with E-state index in [1.54, 1.807) is 24.3 Å². The zero-order valence-electron chi connectivity index (χ0n) is 12.4. The fourth-order valence-corrected chi connectivity index (χ4v) is 4.11. The van der Waals surface area contributed by atoms with Crippen LogP contribution >= 0.6 is 0 Å². The highest BCUT2D eigenvalue weighted by atomic mass is 32.2. The molecule has 0 spiro atoms. The molecule has 0 bridgehead atoms. The van der Waals surface area contributed by atoms with Crippen molar-refractivity contribution in [1.82, 2.24) is 4.72 Å². The lowest BCUT2D eigenvalue weighted by atomic mass is 10.1. The molecule has 1 saturated heterocycles. The van der Waals surface area contributed by atoms with Crippen LogP contribution in [0, 0.1) is 0 Å². The summed E-state index contributed by atoms with van der Waals surface area (Å²) in [6.45, 7) is 1.73. The maximum absolute atomic E-state index is 12.3. The largest absolute Gasteiger partial charge is 0.371 e. The van der Waals surface area contributed by atoms with E-state index in [0.717, 1.165) is 25.9 Å². The number of piperidine rings is 1. The predicted molar refractivity (Wildman–Crippen MR) is 88.4 cm³/mol. The molecule has 0 atom stereocenters. The average molecular weight is 316 g/mol. The van der Waals surface area contributed by atoms with Crippen LogP contribution < -0.4 is 9.62 Å². The second-order valence-electron chi connectivity index (χ2n) is 5.53. The van der Waals surface area contributed by atoms with E-state index in [-0.39, 0.29) is 6.04 Å². The first-order valence-corrected chi connectivity index (χ1v) is 9.01. The van der Waals surface area contributed by atoms with Gasteiger partial charge in [0.2, 0.25) is 10.0 Å². The van der Waals surface area contributed by atoms with Gasteiger partial charge in [-0.15, -0.1) is 0 Å². The van der Waals surface area contributed by atoms with E-state index >= 15 is 0 Å². The second-order valence-corrected chi connectivity index (χ2v) is 7.25. The zero-order chi connectivity index (χ0) is 15.4. The van der Waals surface area contributed by atoms with Crippen LogP contribution in [0.4, 0.5) is 5.69 Å². The molecule has 4 nitrogen and oxygen atoms in total. The van der Waals surface area contributed by atoms with E-state index in [9.17, 15) is 8.42 Å². The van der Waals surface area contributed by atoms with Gasteiger partial charge in [0.1, 0.15) is 0 Å². The molecule has 116 valence electrons. The standard InChI is InChI=1S/C17H20N2O2S/c20-22(21,17-9-5-2-6-10-17)18-15-11-13-19(14-12-15)16-7-3-1-4-8-16/h1-10,15,18H,11-14H2. The zero-order valence-corrected chi connectivity index (χ0v) is 13.2. The van der Waals surface area contributed by atoms with Crippen molar-refractivity contribution < 1.29 is 8.42 Å². The lowest BCUT2D eigenvalue weighted by molar-refractivity contribution is 0.460. The lowest BCUT2D eigenvalue weighted by Gasteiger charge is -2.33. The molecule has 0 unspecified atom stereocenters. The maximum atomic E-state index is 12.3. The number of hydrogen-bond acceptors (Lipinski definition) is 3. The van der Waals surface area contributed by atoms with Gasteiger partial charge in [0.05, 0.1) is 4.90 Å². The van der Waals surface area contributed by atoms with Gasteiger partial charge in [-0.2, -0.15) is 0 Å². The Balaban J connectivity index is 1.61. The molecule has 2 aromatic carbocycles. The van der Waals surface area contributed by atoms with E-state index < -0.39 is 10.0 Å². The van der Waals surface area contributed by atoms with Gasteiger partial charge >= 0.3 is 0 Å². The van der Waals surface area contributed by atoms with Crippen LogP contribution in [0.3, 0.4) is 0 Å². The molecular weight excluding hydrogens is 296 g/mol. The van der Waals surface area contributed by atoms with Crippen molar-refractivity contribution >= 4 is 15.7 Å². The summed E-state index contributed by atoms with van der Waals surface area (Å²) in [5.41, 5.74) is 1.20. The Morgan fingerprint density at radius 2 is 1.41 bits per heavy atom. The van der Waals surface area contributed by atoms with Crippen molar-refractivity contribution in [3.63, 3.8) is 0 Å². The number of nitrogens with zero attached hydrogens (tertiary/aromatic N) is 1. The van der Waals surface area contributed by atoms with Gasteiger partial charge in [-0.25, -0.2) is 13.1 Å². The van der Waals surface area contributed by atoms with Gasteiger partial charge in [0.25, 0.3) is 0 Å². The van der Waals surface area contributed by atoms with Crippen molar-refractivity contribution in [2.75, 3.05) is 18.0 Å². The number of nitrogens with one attached hydrogen (secondary N) is 1. The van der Waals surface area contributed by atoms with E-state index in [0.29, 0.717) is 4.90 Å². The van der Waals surface area contributed by atoms with E-state index in [2.05, 4.69) is 21.8 Å². The first-order valence-electron chi connectivity index (χ1n) is 7.52. The molecule has 1 aliphatic rings. The van der Waals surface area contributed by atoms with Crippen LogP contribution in [0.2, 0.25) is 0 Å². The van der Waals surface area contributed by atoms with Crippen LogP contribution in [0.15, 0.2) is 65.6 Å². The molecule has 1 N–H and O–H groups in total. The molecule has 3 rings (SSSR count). The van der Waals surface area contributed by atoms with Crippen LogP contribution in [-0.4, -0.2) is 27.5 Å². The quantitative estimate of drug-likeness (QED) is 0.943. The summed E-state index contributed by atoms with van der Waals surface area (Å²) in [5, 5.41) is 0. The fourth-order valence-electron chi connectivity index (χ4n) is 2.78. The summed E-state index contributed by atoms with van der Waals surface area (Å²) in [6, 6.07) is 18.8. The highest BCUT2D eigenvalue weighted by Crippen LogP contribution is 2.20. The summed E-state index contributed by atoms with van der Waals surface area (Å²) in [4.78, 5) is 2.63. The molecule has 0 radical (unpaired) electrons. The van der Waals surface area contributed by atoms with Crippen LogP contribution in [0.25, 0.3) is 0 Å². The Bertz CT molecular complexity index is 694. The fraction of sp³-hybridized carbons (Fsp3) is 0.294. The van der Waals surface area contributed by atoms with Gasteiger partial charge in [-0.05, 0) is 37.1 Å². The number of rotatable bonds is 4. The SMILES string of the molecule is O=S(=O)(NC1CCN(c2ccccc2)CC1)c1ccccc1. The first-order chi connectivity index (χ1) is 10.6. The molecule has 5 heteroatoms. The summed E-state index contributed by atoms with van der Waals surface area (Å²) >= 11 is 0. The number of hydrogen-bond donors (Lipinski definition) is 1. The van der Waals surface area contributed by atoms with E-state index in [1.165, 1.54) is 5.69 Å². The lowest BCUT2D eigenvalue weighted by Crippen LogP contribution is -2.44. The number of sulfonamides is 1. The predicted octanol–water partition coefficient (Wildman–Crippen LogP) is 2.63. The molecule has 1 heterocycles. The van der Waals surface area contributed by atoms with E-state index in [1.807, 2.05) is 24.3 Å². The molecular formula is C17H20N2O2S. The first kappa shape index (κ1) is 15.1. The number of para-hydroxylation sites is 1. The third kappa shape index (κ3) is 3.48. The third-order valence-corrected chi connectivity index (χ3v) is 5.53. The number of anilines is 1. The van der Waals surface area contributed by atoms with Gasteiger partial charge in [0, 0.05) is 24.8 Å². The monoisotopic (exact) mass is 316 g/mol. The highest BCUT2D eigenvalue weighted by molar-refractivity contribution is 7.89. The molecule has 2 aromatic rings. The molecule has 0 aliphatic carbocycles. The molecule has 0 aromatic heterocycles. The van der Waals surface area contributed by atoms with Gasteiger partial charge < -0.3 is 4.90 Å².